The Bertz CT molecular complexity index is 367. The first-order valence-electron chi connectivity index (χ1n) is 5.11. The average Bonchev–Trinajstić information content (AvgIpc) is 2.27. The second kappa shape index (κ2) is 5.90. The van der Waals surface area contributed by atoms with Crippen molar-refractivity contribution >= 4 is 11.9 Å². The van der Waals surface area contributed by atoms with Crippen LogP contribution in [-0.2, 0) is 16.0 Å². The van der Waals surface area contributed by atoms with Crippen LogP contribution >= 0.6 is 0 Å². The minimum atomic E-state index is -0.947. The normalized spacial score (nSPS) is 9.81. The number of aryl methyl sites for hydroxylation is 1. The Morgan fingerprint density at radius 1 is 1.25 bits per heavy atom. The van der Waals surface area contributed by atoms with Crippen molar-refractivity contribution in [1.29, 1.82) is 0 Å². The number of carbonyl (C=O) groups is 2. The molecule has 0 aliphatic heterocycles. The largest absolute Gasteiger partial charge is 0.478 e. The van der Waals surface area contributed by atoms with Gasteiger partial charge in [-0.2, -0.15) is 0 Å². The molecule has 0 atom stereocenters. The van der Waals surface area contributed by atoms with Gasteiger partial charge in [-0.25, -0.2) is 4.79 Å². The number of ether oxygens (including phenoxy) is 1. The number of aromatic carboxylic acids is 1. The summed E-state index contributed by atoms with van der Waals surface area (Å²) in [5.41, 5.74) is 1.18. The van der Waals surface area contributed by atoms with Crippen LogP contribution in [0.3, 0.4) is 0 Å². The van der Waals surface area contributed by atoms with E-state index in [0.29, 0.717) is 19.4 Å². The summed E-state index contributed by atoms with van der Waals surface area (Å²) < 4.78 is 4.79. The van der Waals surface area contributed by atoms with Gasteiger partial charge in [-0.05, 0) is 31.0 Å². The van der Waals surface area contributed by atoms with Crippen molar-refractivity contribution < 1.29 is 19.4 Å². The molecule has 0 spiro atoms. The van der Waals surface area contributed by atoms with Crippen LogP contribution in [0.25, 0.3) is 0 Å². The van der Waals surface area contributed by atoms with Crippen LogP contribution in [-0.4, -0.2) is 23.7 Å². The maximum Gasteiger partial charge on any atom is 0.335 e. The predicted octanol–water partition coefficient (Wildman–Crippen LogP) is 1.88. The smallest absolute Gasteiger partial charge is 0.335 e. The molecule has 0 fully saturated rings. The van der Waals surface area contributed by atoms with Crippen molar-refractivity contribution in [3.63, 3.8) is 0 Å². The van der Waals surface area contributed by atoms with E-state index < -0.39 is 5.97 Å². The van der Waals surface area contributed by atoms with Crippen molar-refractivity contribution in [2.45, 2.75) is 19.8 Å². The molecular weight excluding hydrogens is 208 g/mol. The fourth-order valence-electron chi connectivity index (χ4n) is 1.29. The third-order valence-electron chi connectivity index (χ3n) is 2.12. The molecule has 16 heavy (non-hydrogen) atoms. The highest BCUT2D eigenvalue weighted by Crippen LogP contribution is 2.07. The van der Waals surface area contributed by atoms with Crippen molar-refractivity contribution in [3.05, 3.63) is 35.4 Å². The first-order valence-corrected chi connectivity index (χ1v) is 5.11. The van der Waals surface area contributed by atoms with Crippen LogP contribution in [0.2, 0.25) is 0 Å². The monoisotopic (exact) mass is 222 g/mol. The molecule has 0 unspecified atom stereocenters. The zero-order valence-electron chi connectivity index (χ0n) is 9.10. The summed E-state index contributed by atoms with van der Waals surface area (Å²) in [6, 6.07) is 6.48. The average molecular weight is 222 g/mol. The van der Waals surface area contributed by atoms with Crippen LogP contribution in [0.1, 0.15) is 29.3 Å². The highest BCUT2D eigenvalue weighted by Gasteiger charge is 2.04. The lowest BCUT2D eigenvalue weighted by atomic mass is 10.1. The summed E-state index contributed by atoms with van der Waals surface area (Å²) in [5.74, 6) is -1.18. The van der Waals surface area contributed by atoms with Crippen molar-refractivity contribution in [1.82, 2.24) is 0 Å². The van der Waals surface area contributed by atoms with Crippen molar-refractivity contribution in [2.24, 2.45) is 0 Å². The van der Waals surface area contributed by atoms with E-state index in [9.17, 15) is 9.59 Å². The second-order valence-electron chi connectivity index (χ2n) is 3.31. The summed E-state index contributed by atoms with van der Waals surface area (Å²) in [7, 11) is 0. The molecule has 4 nitrogen and oxygen atoms in total. The third kappa shape index (κ3) is 3.73. The third-order valence-corrected chi connectivity index (χ3v) is 2.12. The van der Waals surface area contributed by atoms with Gasteiger partial charge >= 0.3 is 11.9 Å². The molecule has 0 bridgehead atoms. The molecule has 0 aromatic heterocycles. The fraction of sp³-hybridized carbons (Fsp3) is 0.333. The molecule has 1 N–H and O–H groups in total. The predicted molar refractivity (Wildman–Crippen MR) is 58.4 cm³/mol. The molecule has 0 aliphatic rings. The lowest BCUT2D eigenvalue weighted by Gasteiger charge is -2.02. The maximum atomic E-state index is 11.1. The molecule has 0 saturated heterocycles. The van der Waals surface area contributed by atoms with Gasteiger partial charge in [0.1, 0.15) is 0 Å². The molecule has 86 valence electrons. The quantitative estimate of drug-likeness (QED) is 0.772. The molecule has 0 heterocycles. The first-order chi connectivity index (χ1) is 7.63. The standard InChI is InChI=1S/C12H14O4/c1-2-16-11(13)8-5-9-3-6-10(7-4-9)12(14)15/h3-4,6-7H,2,5,8H2,1H3,(H,14,15). The number of hydrogen-bond donors (Lipinski definition) is 1. The molecule has 0 amide bonds. The summed E-state index contributed by atoms with van der Waals surface area (Å²) >= 11 is 0. The molecule has 0 aliphatic carbocycles. The van der Waals surface area contributed by atoms with E-state index in [2.05, 4.69) is 0 Å². The van der Waals surface area contributed by atoms with Crippen molar-refractivity contribution in [3.8, 4) is 0 Å². The topological polar surface area (TPSA) is 63.6 Å². The molecule has 0 saturated carbocycles. The van der Waals surface area contributed by atoms with Gasteiger partial charge in [0.05, 0.1) is 12.2 Å². The Morgan fingerprint density at radius 3 is 2.38 bits per heavy atom. The van der Waals surface area contributed by atoms with E-state index in [1.165, 1.54) is 12.1 Å². The zero-order chi connectivity index (χ0) is 12.0. The Labute approximate surface area is 93.9 Å². The molecular formula is C12H14O4. The minimum Gasteiger partial charge on any atom is -0.478 e. The molecule has 4 heteroatoms. The molecule has 1 aromatic carbocycles. The summed E-state index contributed by atoms with van der Waals surface area (Å²) in [6.07, 6.45) is 0.888. The number of rotatable bonds is 5. The van der Waals surface area contributed by atoms with Gasteiger partial charge in [0.2, 0.25) is 0 Å². The fourth-order valence-corrected chi connectivity index (χ4v) is 1.29. The van der Waals surface area contributed by atoms with Gasteiger partial charge in [0.15, 0.2) is 0 Å². The second-order valence-corrected chi connectivity index (χ2v) is 3.31. The van der Waals surface area contributed by atoms with Crippen molar-refractivity contribution in [2.75, 3.05) is 6.61 Å². The van der Waals surface area contributed by atoms with Crippen LogP contribution < -0.4 is 0 Å². The van der Waals surface area contributed by atoms with Gasteiger partial charge in [-0.3, -0.25) is 4.79 Å². The lowest BCUT2D eigenvalue weighted by molar-refractivity contribution is -0.143. The maximum absolute atomic E-state index is 11.1. The Kier molecular flexibility index (Phi) is 4.51. The van der Waals surface area contributed by atoms with Gasteiger partial charge in [-0.15, -0.1) is 0 Å². The van der Waals surface area contributed by atoms with E-state index in [-0.39, 0.29) is 11.5 Å². The van der Waals surface area contributed by atoms with E-state index in [4.69, 9.17) is 9.84 Å². The number of hydrogen-bond acceptors (Lipinski definition) is 3. The Morgan fingerprint density at radius 2 is 1.88 bits per heavy atom. The van der Waals surface area contributed by atoms with Crippen LogP contribution in [0.4, 0.5) is 0 Å². The summed E-state index contributed by atoms with van der Waals surface area (Å²) in [4.78, 5) is 21.7. The summed E-state index contributed by atoms with van der Waals surface area (Å²) in [5, 5.41) is 8.69. The van der Waals surface area contributed by atoms with E-state index in [1.54, 1.807) is 19.1 Å². The number of carboxylic acids is 1. The Hall–Kier alpha value is -1.84. The van der Waals surface area contributed by atoms with Gasteiger partial charge in [0.25, 0.3) is 0 Å². The van der Waals surface area contributed by atoms with Gasteiger partial charge in [0, 0.05) is 6.42 Å². The number of benzene rings is 1. The van der Waals surface area contributed by atoms with Crippen LogP contribution in [0, 0.1) is 0 Å². The van der Waals surface area contributed by atoms with E-state index in [1.807, 2.05) is 0 Å². The molecule has 1 rings (SSSR count). The molecule has 1 aromatic rings. The SMILES string of the molecule is CCOC(=O)CCc1ccc(C(=O)O)cc1. The van der Waals surface area contributed by atoms with Gasteiger partial charge < -0.3 is 9.84 Å². The van der Waals surface area contributed by atoms with Crippen LogP contribution in [0.15, 0.2) is 24.3 Å². The minimum absolute atomic E-state index is 0.232. The van der Waals surface area contributed by atoms with E-state index >= 15 is 0 Å². The highest BCUT2D eigenvalue weighted by atomic mass is 16.5. The summed E-state index contributed by atoms with van der Waals surface area (Å²) in [6.45, 7) is 2.15. The lowest BCUT2D eigenvalue weighted by Crippen LogP contribution is -2.05. The number of carboxylic acid groups (broad SMARTS) is 1. The number of carbonyl (C=O) groups excluding carboxylic acids is 1. The van der Waals surface area contributed by atoms with Crippen LogP contribution in [0.5, 0.6) is 0 Å². The van der Waals surface area contributed by atoms with E-state index in [0.717, 1.165) is 5.56 Å². The molecule has 0 radical (unpaired) electrons. The van der Waals surface area contributed by atoms with Gasteiger partial charge in [-0.1, -0.05) is 12.1 Å². The first kappa shape index (κ1) is 12.2. The number of esters is 1. The Balaban J connectivity index is 2.49. The highest BCUT2D eigenvalue weighted by molar-refractivity contribution is 5.87. The zero-order valence-corrected chi connectivity index (χ0v) is 9.10.